The van der Waals surface area contributed by atoms with Gasteiger partial charge in [0.15, 0.2) is 10.6 Å². The summed E-state index contributed by atoms with van der Waals surface area (Å²) in [5, 5.41) is 7.01. The molecule has 2 aromatic carbocycles. The molecule has 124 valence electrons. The number of H-pyrrole nitrogens is 1. The van der Waals surface area contributed by atoms with Gasteiger partial charge in [0.05, 0.1) is 24.9 Å². The molecule has 0 aliphatic rings. The first-order valence-corrected chi connectivity index (χ1v) is 7.68. The van der Waals surface area contributed by atoms with Crippen molar-refractivity contribution in [3.63, 3.8) is 0 Å². The molecule has 0 radical (unpaired) electrons. The smallest absolute Gasteiger partial charge is 0.200 e. The molecule has 0 saturated carbocycles. The second-order valence-corrected chi connectivity index (χ2v) is 5.68. The lowest BCUT2D eigenvalue weighted by Gasteiger charge is -2.10. The molecular weight excluding hydrogens is 353 g/mol. The topological polar surface area (TPSA) is 52.1 Å². The number of ether oxygens (including phenoxy) is 2. The molecule has 0 aliphatic heterocycles. The van der Waals surface area contributed by atoms with E-state index in [2.05, 4.69) is 10.2 Å². The van der Waals surface area contributed by atoms with Crippen LogP contribution in [0.1, 0.15) is 0 Å². The van der Waals surface area contributed by atoms with Gasteiger partial charge in [-0.25, -0.2) is 4.39 Å². The van der Waals surface area contributed by atoms with Crippen molar-refractivity contribution in [1.82, 2.24) is 14.8 Å². The molecule has 0 saturated heterocycles. The third-order valence-electron chi connectivity index (χ3n) is 3.44. The molecule has 0 fully saturated rings. The lowest BCUT2D eigenvalue weighted by atomic mass is 10.2. The van der Waals surface area contributed by atoms with Gasteiger partial charge in [0.2, 0.25) is 0 Å². The van der Waals surface area contributed by atoms with Crippen LogP contribution in [0.25, 0.3) is 17.1 Å². The van der Waals surface area contributed by atoms with Crippen molar-refractivity contribution in [2.75, 3.05) is 14.2 Å². The van der Waals surface area contributed by atoms with Crippen LogP contribution in [0, 0.1) is 10.6 Å². The maximum Gasteiger partial charge on any atom is 0.200 e. The molecule has 0 bridgehead atoms. The van der Waals surface area contributed by atoms with Gasteiger partial charge in [-0.2, -0.15) is 5.10 Å². The van der Waals surface area contributed by atoms with Crippen LogP contribution in [0.3, 0.4) is 0 Å². The van der Waals surface area contributed by atoms with Crippen molar-refractivity contribution < 1.29 is 13.9 Å². The number of nitrogens with one attached hydrogen (secondary N) is 1. The van der Waals surface area contributed by atoms with E-state index in [1.807, 2.05) is 0 Å². The van der Waals surface area contributed by atoms with Gasteiger partial charge in [-0.1, -0.05) is 11.6 Å². The normalized spacial score (nSPS) is 10.7. The van der Waals surface area contributed by atoms with Crippen molar-refractivity contribution in [3.8, 4) is 28.6 Å². The zero-order chi connectivity index (χ0) is 17.3. The van der Waals surface area contributed by atoms with Crippen molar-refractivity contribution in [3.05, 3.63) is 52.0 Å². The third-order valence-corrected chi connectivity index (χ3v) is 4.01. The van der Waals surface area contributed by atoms with Crippen LogP contribution >= 0.6 is 23.8 Å². The molecule has 0 unspecified atom stereocenters. The molecule has 8 heteroatoms. The third kappa shape index (κ3) is 3.00. The monoisotopic (exact) mass is 365 g/mol. The van der Waals surface area contributed by atoms with Crippen LogP contribution in [0.5, 0.6) is 11.5 Å². The van der Waals surface area contributed by atoms with Crippen molar-refractivity contribution in [2.24, 2.45) is 0 Å². The summed E-state index contributed by atoms with van der Waals surface area (Å²) in [4.78, 5) is 0. The van der Waals surface area contributed by atoms with Gasteiger partial charge in [-0.05, 0) is 42.5 Å². The van der Waals surface area contributed by atoms with Gasteiger partial charge >= 0.3 is 0 Å². The minimum Gasteiger partial charge on any atom is -0.497 e. The Morgan fingerprint density at radius 3 is 2.38 bits per heavy atom. The minimum atomic E-state index is -0.500. The predicted octanol–water partition coefficient (Wildman–Crippen LogP) is 4.41. The molecule has 1 aromatic heterocycles. The Kier molecular flexibility index (Phi) is 4.55. The van der Waals surface area contributed by atoms with E-state index in [4.69, 9.17) is 33.3 Å². The summed E-state index contributed by atoms with van der Waals surface area (Å²) in [5.74, 6) is 1.25. The highest BCUT2D eigenvalue weighted by Gasteiger charge is 2.14. The number of halogens is 2. The van der Waals surface area contributed by atoms with Gasteiger partial charge in [-0.15, -0.1) is 0 Å². The lowest BCUT2D eigenvalue weighted by molar-refractivity contribution is 0.394. The fourth-order valence-corrected chi connectivity index (χ4v) is 2.70. The number of benzene rings is 2. The van der Waals surface area contributed by atoms with E-state index < -0.39 is 5.82 Å². The van der Waals surface area contributed by atoms with E-state index in [1.54, 1.807) is 43.1 Å². The molecule has 1 heterocycles. The highest BCUT2D eigenvalue weighted by atomic mass is 35.5. The fourth-order valence-electron chi connectivity index (χ4n) is 2.29. The van der Waals surface area contributed by atoms with Crippen LogP contribution in [-0.2, 0) is 0 Å². The second-order valence-electron chi connectivity index (χ2n) is 4.89. The van der Waals surface area contributed by atoms with E-state index in [0.29, 0.717) is 27.8 Å². The zero-order valence-electron chi connectivity index (χ0n) is 12.8. The minimum absolute atomic E-state index is 0.00442. The van der Waals surface area contributed by atoms with E-state index in [9.17, 15) is 4.39 Å². The summed E-state index contributed by atoms with van der Waals surface area (Å²) in [5.41, 5.74) is 1.32. The van der Waals surface area contributed by atoms with E-state index in [1.165, 1.54) is 12.1 Å². The van der Waals surface area contributed by atoms with Crippen molar-refractivity contribution >= 4 is 23.8 Å². The Balaban J connectivity index is 2.21. The maximum absolute atomic E-state index is 13.4. The zero-order valence-corrected chi connectivity index (χ0v) is 14.4. The highest BCUT2D eigenvalue weighted by Crippen LogP contribution is 2.30. The summed E-state index contributed by atoms with van der Waals surface area (Å²) in [6, 6.07) is 9.70. The van der Waals surface area contributed by atoms with Crippen LogP contribution < -0.4 is 9.47 Å². The number of rotatable bonds is 4. The van der Waals surface area contributed by atoms with Gasteiger partial charge in [-0.3, -0.25) is 9.67 Å². The van der Waals surface area contributed by atoms with E-state index >= 15 is 0 Å². The van der Waals surface area contributed by atoms with Gasteiger partial charge in [0.25, 0.3) is 0 Å². The molecule has 0 aliphatic carbocycles. The highest BCUT2D eigenvalue weighted by molar-refractivity contribution is 7.71. The van der Waals surface area contributed by atoms with Crippen molar-refractivity contribution in [1.29, 1.82) is 0 Å². The number of hydrogen-bond acceptors (Lipinski definition) is 4. The van der Waals surface area contributed by atoms with Crippen LogP contribution in [0.4, 0.5) is 4.39 Å². The largest absolute Gasteiger partial charge is 0.497 e. The fraction of sp³-hybridized carbons (Fsp3) is 0.125. The SMILES string of the molecule is COc1cc(OC)cc(-c2n[nH]c(=S)n2-c2ccc(F)c(Cl)c2)c1. The van der Waals surface area contributed by atoms with E-state index in [0.717, 1.165) is 5.56 Å². The summed E-state index contributed by atoms with van der Waals surface area (Å²) in [6.45, 7) is 0. The average Bonchev–Trinajstić information content (AvgIpc) is 2.98. The first kappa shape index (κ1) is 16.5. The molecular formula is C16H13ClFN3O2S. The first-order valence-electron chi connectivity index (χ1n) is 6.89. The second kappa shape index (κ2) is 6.62. The van der Waals surface area contributed by atoms with Gasteiger partial charge in [0.1, 0.15) is 17.3 Å². The first-order chi connectivity index (χ1) is 11.5. The molecule has 0 atom stereocenters. The molecule has 3 aromatic rings. The molecule has 24 heavy (non-hydrogen) atoms. The van der Waals surface area contributed by atoms with Gasteiger partial charge < -0.3 is 9.47 Å². The molecule has 5 nitrogen and oxygen atoms in total. The summed E-state index contributed by atoms with van der Waals surface area (Å²) < 4.78 is 26.0. The van der Waals surface area contributed by atoms with Gasteiger partial charge in [0, 0.05) is 11.6 Å². The number of nitrogens with zero attached hydrogens (tertiary/aromatic N) is 2. The number of aromatic nitrogens is 3. The number of hydrogen-bond donors (Lipinski definition) is 1. The predicted molar refractivity (Wildman–Crippen MR) is 92.3 cm³/mol. The molecule has 1 N–H and O–H groups in total. The average molecular weight is 366 g/mol. The quantitative estimate of drug-likeness (QED) is 0.696. The van der Waals surface area contributed by atoms with Crippen LogP contribution in [0.2, 0.25) is 5.02 Å². The molecule has 0 amide bonds. The van der Waals surface area contributed by atoms with Crippen LogP contribution in [-0.4, -0.2) is 29.0 Å². The Labute approximate surface area is 147 Å². The molecule has 0 spiro atoms. The maximum atomic E-state index is 13.4. The van der Waals surface area contributed by atoms with Crippen molar-refractivity contribution in [2.45, 2.75) is 0 Å². The Morgan fingerprint density at radius 1 is 1.12 bits per heavy atom. The Bertz CT molecular complexity index is 932. The van der Waals surface area contributed by atoms with E-state index in [-0.39, 0.29) is 5.02 Å². The number of aromatic amines is 1. The Hall–Kier alpha value is -2.38. The summed E-state index contributed by atoms with van der Waals surface area (Å²) >= 11 is 11.2. The lowest BCUT2D eigenvalue weighted by Crippen LogP contribution is -1.99. The standard InChI is InChI=1S/C16H13ClFN3O2S/c1-22-11-5-9(6-12(8-11)23-2)15-19-20-16(24)21(15)10-3-4-14(18)13(17)7-10/h3-8H,1-2H3,(H,20,24). The summed E-state index contributed by atoms with van der Waals surface area (Å²) in [7, 11) is 3.13. The Morgan fingerprint density at radius 2 is 1.79 bits per heavy atom. The summed E-state index contributed by atoms with van der Waals surface area (Å²) in [6.07, 6.45) is 0. The molecule has 3 rings (SSSR count). The van der Waals surface area contributed by atoms with Crippen LogP contribution in [0.15, 0.2) is 36.4 Å². The number of methoxy groups -OCH3 is 2.